The molecule has 0 spiro atoms. The Bertz CT molecular complexity index is 321. The quantitative estimate of drug-likeness (QED) is 0.525. The maximum absolute atomic E-state index is 6.55. The smallest absolute Gasteiger partial charge is 0.0793 e. The van der Waals surface area contributed by atoms with Gasteiger partial charge in [0.05, 0.1) is 10.3 Å². The molecule has 1 aliphatic rings. The summed E-state index contributed by atoms with van der Waals surface area (Å²) in [6.45, 7) is 10.6. The molecule has 15 heavy (non-hydrogen) atoms. The second-order valence-electron chi connectivity index (χ2n) is 4.74. The molecule has 0 bridgehead atoms. The van der Waals surface area contributed by atoms with Gasteiger partial charge in [-0.15, -0.1) is 23.2 Å². The molecule has 1 aliphatic carbocycles. The SMILES string of the molecule is CC1=C(C)C(C)=C(C)C(C)(Cl)C(Cl)CC1. The lowest BCUT2D eigenvalue weighted by atomic mass is 9.84. The van der Waals surface area contributed by atoms with E-state index in [0.717, 1.165) is 12.8 Å². The summed E-state index contributed by atoms with van der Waals surface area (Å²) in [6.07, 6.45) is 2.00. The minimum Gasteiger partial charge on any atom is -0.121 e. The van der Waals surface area contributed by atoms with Gasteiger partial charge in [0.25, 0.3) is 0 Å². The van der Waals surface area contributed by atoms with Crippen LogP contribution < -0.4 is 0 Å². The van der Waals surface area contributed by atoms with Crippen molar-refractivity contribution in [2.45, 2.75) is 57.7 Å². The molecule has 0 heterocycles. The van der Waals surface area contributed by atoms with E-state index in [-0.39, 0.29) is 5.38 Å². The Morgan fingerprint density at radius 1 is 1.13 bits per heavy atom. The molecule has 1 rings (SSSR count). The van der Waals surface area contributed by atoms with Crippen molar-refractivity contribution < 1.29 is 0 Å². The van der Waals surface area contributed by atoms with Gasteiger partial charge in [-0.1, -0.05) is 5.57 Å². The van der Waals surface area contributed by atoms with Crippen LogP contribution in [0.1, 0.15) is 47.5 Å². The van der Waals surface area contributed by atoms with E-state index < -0.39 is 4.87 Å². The molecule has 0 aromatic carbocycles. The number of halogens is 2. The van der Waals surface area contributed by atoms with Gasteiger partial charge in [-0.25, -0.2) is 0 Å². The summed E-state index contributed by atoms with van der Waals surface area (Å²) < 4.78 is 0. The minimum absolute atomic E-state index is 0.0113. The lowest BCUT2D eigenvalue weighted by molar-refractivity contribution is 0.607. The predicted molar refractivity (Wildman–Crippen MR) is 69.9 cm³/mol. The second-order valence-corrected chi connectivity index (χ2v) is 6.05. The highest BCUT2D eigenvalue weighted by atomic mass is 35.5. The fourth-order valence-electron chi connectivity index (χ4n) is 2.00. The molecule has 0 saturated carbocycles. The van der Waals surface area contributed by atoms with Crippen LogP contribution in [0, 0.1) is 0 Å². The van der Waals surface area contributed by atoms with Gasteiger partial charge >= 0.3 is 0 Å². The molecular formula is C13H20Cl2. The van der Waals surface area contributed by atoms with Gasteiger partial charge in [0.1, 0.15) is 0 Å². The molecule has 2 heteroatoms. The van der Waals surface area contributed by atoms with Crippen LogP contribution in [0.25, 0.3) is 0 Å². The summed E-state index contributed by atoms with van der Waals surface area (Å²) in [4.78, 5) is -0.409. The first kappa shape index (κ1) is 13.1. The highest BCUT2D eigenvalue weighted by Crippen LogP contribution is 2.40. The van der Waals surface area contributed by atoms with E-state index in [4.69, 9.17) is 23.2 Å². The van der Waals surface area contributed by atoms with Crippen molar-refractivity contribution >= 4 is 23.2 Å². The molecule has 86 valence electrons. The van der Waals surface area contributed by atoms with Crippen molar-refractivity contribution in [3.63, 3.8) is 0 Å². The van der Waals surface area contributed by atoms with Crippen molar-refractivity contribution in [3.8, 4) is 0 Å². The topological polar surface area (TPSA) is 0 Å². The summed E-state index contributed by atoms with van der Waals surface area (Å²) in [5, 5.41) is 0.0113. The van der Waals surface area contributed by atoms with E-state index in [0.29, 0.717) is 0 Å². The van der Waals surface area contributed by atoms with Gasteiger partial charge in [0, 0.05) is 0 Å². The van der Waals surface area contributed by atoms with Crippen molar-refractivity contribution in [2.75, 3.05) is 0 Å². The predicted octanol–water partition coefficient (Wildman–Crippen LogP) is 5.06. The van der Waals surface area contributed by atoms with Crippen LogP contribution in [0.2, 0.25) is 0 Å². The lowest BCUT2D eigenvalue weighted by Crippen LogP contribution is -2.32. The van der Waals surface area contributed by atoms with Gasteiger partial charge in [0.15, 0.2) is 0 Å². The molecular weight excluding hydrogens is 227 g/mol. The van der Waals surface area contributed by atoms with Crippen LogP contribution >= 0.6 is 23.2 Å². The summed E-state index contributed by atoms with van der Waals surface area (Å²) in [5.74, 6) is 0. The van der Waals surface area contributed by atoms with Crippen LogP contribution in [0.3, 0.4) is 0 Å². The Balaban J connectivity index is 3.29. The van der Waals surface area contributed by atoms with E-state index in [9.17, 15) is 0 Å². The monoisotopic (exact) mass is 246 g/mol. The third-order valence-corrected chi connectivity index (χ3v) is 5.17. The van der Waals surface area contributed by atoms with E-state index in [1.165, 1.54) is 22.3 Å². The van der Waals surface area contributed by atoms with Crippen LogP contribution in [0.4, 0.5) is 0 Å². The first-order valence-corrected chi connectivity index (χ1v) is 6.27. The molecule has 0 aromatic rings. The molecule has 0 radical (unpaired) electrons. The van der Waals surface area contributed by atoms with Gasteiger partial charge in [-0.05, 0) is 64.2 Å². The average molecular weight is 247 g/mol. The lowest BCUT2D eigenvalue weighted by Gasteiger charge is -2.33. The highest BCUT2D eigenvalue weighted by molar-refractivity contribution is 6.33. The normalized spacial score (nSPS) is 34.2. The van der Waals surface area contributed by atoms with Gasteiger partial charge in [0.2, 0.25) is 0 Å². The van der Waals surface area contributed by atoms with Gasteiger partial charge in [-0.3, -0.25) is 0 Å². The molecule has 0 amide bonds. The number of allylic oxidation sites excluding steroid dienone is 4. The van der Waals surface area contributed by atoms with Crippen molar-refractivity contribution in [3.05, 3.63) is 22.3 Å². The maximum Gasteiger partial charge on any atom is 0.0793 e. The van der Waals surface area contributed by atoms with Crippen LogP contribution in [-0.4, -0.2) is 10.3 Å². The Hall–Kier alpha value is 0.0600. The molecule has 0 nitrogen and oxygen atoms in total. The third-order valence-electron chi connectivity index (χ3n) is 3.86. The van der Waals surface area contributed by atoms with Gasteiger partial charge < -0.3 is 0 Å². The minimum atomic E-state index is -0.409. The van der Waals surface area contributed by atoms with Crippen LogP contribution in [0.5, 0.6) is 0 Å². The number of hydrogen-bond acceptors (Lipinski definition) is 0. The van der Waals surface area contributed by atoms with E-state index in [2.05, 4.69) is 27.7 Å². The first-order chi connectivity index (χ1) is 6.78. The Morgan fingerprint density at radius 2 is 1.67 bits per heavy atom. The summed E-state index contributed by atoms with van der Waals surface area (Å²) in [6, 6.07) is 0. The zero-order valence-corrected chi connectivity index (χ0v) is 11.8. The largest absolute Gasteiger partial charge is 0.121 e. The van der Waals surface area contributed by atoms with E-state index >= 15 is 0 Å². The molecule has 2 atom stereocenters. The number of hydrogen-bond donors (Lipinski definition) is 0. The standard InChI is InChI=1S/C13H20Cl2/c1-8-6-7-12(14)13(5,15)11(4)10(3)9(8)2/h12H,6-7H2,1-5H3. The Labute approximate surface area is 103 Å². The first-order valence-electron chi connectivity index (χ1n) is 5.46. The van der Waals surface area contributed by atoms with Crippen molar-refractivity contribution in [2.24, 2.45) is 0 Å². The molecule has 2 unspecified atom stereocenters. The van der Waals surface area contributed by atoms with E-state index in [1.807, 2.05) is 6.92 Å². The number of alkyl halides is 2. The fraction of sp³-hybridized carbons (Fsp3) is 0.692. The second kappa shape index (κ2) is 4.51. The summed E-state index contributed by atoms with van der Waals surface area (Å²) >= 11 is 12.9. The van der Waals surface area contributed by atoms with E-state index in [1.54, 1.807) is 0 Å². The third kappa shape index (κ3) is 2.42. The van der Waals surface area contributed by atoms with Crippen molar-refractivity contribution in [1.82, 2.24) is 0 Å². The molecule has 0 saturated heterocycles. The van der Waals surface area contributed by atoms with Crippen LogP contribution in [0.15, 0.2) is 22.3 Å². The average Bonchev–Trinajstić information content (AvgIpc) is 2.20. The molecule has 0 aliphatic heterocycles. The van der Waals surface area contributed by atoms with Gasteiger partial charge in [-0.2, -0.15) is 0 Å². The highest BCUT2D eigenvalue weighted by Gasteiger charge is 2.34. The molecule has 0 aromatic heterocycles. The zero-order valence-electron chi connectivity index (χ0n) is 10.2. The van der Waals surface area contributed by atoms with Crippen molar-refractivity contribution in [1.29, 1.82) is 0 Å². The summed E-state index contributed by atoms with van der Waals surface area (Å²) in [5.41, 5.74) is 5.32. The Kier molecular flexibility index (Phi) is 3.95. The maximum atomic E-state index is 6.55. The Morgan fingerprint density at radius 3 is 2.20 bits per heavy atom. The van der Waals surface area contributed by atoms with Crippen LogP contribution in [-0.2, 0) is 0 Å². The fourth-order valence-corrected chi connectivity index (χ4v) is 2.53. The summed E-state index contributed by atoms with van der Waals surface area (Å²) in [7, 11) is 0. The molecule has 0 N–H and O–H groups in total. The number of rotatable bonds is 0. The zero-order chi connectivity index (χ0) is 11.8. The molecule has 0 fully saturated rings.